The summed E-state index contributed by atoms with van der Waals surface area (Å²) in [5, 5.41) is 8.82. The van der Waals surface area contributed by atoms with Gasteiger partial charge < -0.3 is 5.32 Å². The van der Waals surface area contributed by atoms with Crippen LogP contribution in [0.25, 0.3) is 0 Å². The first kappa shape index (κ1) is 16.5. The molecule has 0 amide bonds. The molecule has 0 saturated heterocycles. The van der Waals surface area contributed by atoms with Crippen molar-refractivity contribution in [3.05, 3.63) is 50.7 Å². The lowest BCUT2D eigenvalue weighted by Gasteiger charge is -2.19. The van der Waals surface area contributed by atoms with Gasteiger partial charge in [-0.1, -0.05) is 36.7 Å². The third-order valence-electron chi connectivity index (χ3n) is 3.72. The molecule has 2 aromatic rings. The molecule has 1 unspecified atom stereocenters. The van der Waals surface area contributed by atoms with Gasteiger partial charge in [-0.2, -0.15) is 5.10 Å². The van der Waals surface area contributed by atoms with E-state index in [1.807, 2.05) is 25.2 Å². The summed E-state index contributed by atoms with van der Waals surface area (Å²) in [6.45, 7) is 5.11. The Balaban J connectivity index is 2.35. The average Bonchev–Trinajstić information content (AvgIpc) is 2.81. The highest BCUT2D eigenvalue weighted by Crippen LogP contribution is 2.30. The number of benzene rings is 1. The largest absolute Gasteiger partial charge is 0.313 e. The maximum Gasteiger partial charge on any atom is 0.0766 e. The van der Waals surface area contributed by atoms with Crippen LogP contribution in [0.5, 0.6) is 0 Å². The molecular formula is C16H21BrClN3. The quantitative estimate of drug-likeness (QED) is 0.817. The van der Waals surface area contributed by atoms with Crippen molar-refractivity contribution in [2.75, 3.05) is 7.05 Å². The van der Waals surface area contributed by atoms with E-state index in [9.17, 15) is 0 Å². The Bertz CT molecular complexity index is 610. The maximum atomic E-state index is 6.34. The van der Waals surface area contributed by atoms with E-state index < -0.39 is 0 Å². The molecule has 0 spiro atoms. The van der Waals surface area contributed by atoms with Crippen molar-refractivity contribution >= 4 is 27.5 Å². The van der Waals surface area contributed by atoms with Crippen LogP contribution in [0.1, 0.15) is 36.8 Å². The third kappa shape index (κ3) is 3.50. The van der Waals surface area contributed by atoms with Crippen LogP contribution < -0.4 is 5.32 Å². The summed E-state index contributed by atoms with van der Waals surface area (Å²) in [7, 11) is 1.97. The maximum absolute atomic E-state index is 6.34. The molecule has 3 nitrogen and oxygen atoms in total. The number of aryl methyl sites for hydroxylation is 2. The predicted molar refractivity (Wildman–Crippen MR) is 91.9 cm³/mol. The number of rotatable bonds is 6. The van der Waals surface area contributed by atoms with Crippen LogP contribution in [0.2, 0.25) is 5.02 Å². The van der Waals surface area contributed by atoms with Gasteiger partial charge in [0.05, 0.1) is 15.9 Å². The average molecular weight is 371 g/mol. The molecule has 0 bridgehead atoms. The monoisotopic (exact) mass is 369 g/mol. The molecule has 0 aliphatic carbocycles. The van der Waals surface area contributed by atoms with E-state index in [1.54, 1.807) is 0 Å². The molecule has 0 radical (unpaired) electrons. The number of hydrogen-bond acceptors (Lipinski definition) is 2. The van der Waals surface area contributed by atoms with Crippen molar-refractivity contribution < 1.29 is 0 Å². The van der Waals surface area contributed by atoms with Crippen LogP contribution in [0.4, 0.5) is 0 Å². The van der Waals surface area contributed by atoms with Gasteiger partial charge in [0, 0.05) is 24.0 Å². The highest BCUT2D eigenvalue weighted by atomic mass is 79.9. The molecule has 0 fully saturated rings. The normalized spacial score (nSPS) is 12.6. The van der Waals surface area contributed by atoms with Gasteiger partial charge in [0.2, 0.25) is 0 Å². The van der Waals surface area contributed by atoms with Gasteiger partial charge in [-0.25, -0.2) is 0 Å². The van der Waals surface area contributed by atoms with E-state index in [4.69, 9.17) is 11.6 Å². The van der Waals surface area contributed by atoms with Crippen LogP contribution >= 0.6 is 27.5 Å². The van der Waals surface area contributed by atoms with Gasteiger partial charge in [0.15, 0.2) is 0 Å². The molecule has 2 rings (SSSR count). The van der Waals surface area contributed by atoms with Crippen LogP contribution in [0.3, 0.4) is 0 Å². The van der Waals surface area contributed by atoms with Gasteiger partial charge in [-0.15, -0.1) is 0 Å². The lowest BCUT2D eigenvalue weighted by atomic mass is 10.0. The zero-order chi connectivity index (χ0) is 15.4. The lowest BCUT2D eigenvalue weighted by molar-refractivity contribution is 0.539. The SMILES string of the molecule is CCc1nn(CC)c(CC(NC)c2ccccc2Cl)c1Br. The molecule has 0 aliphatic heterocycles. The molecule has 1 heterocycles. The molecule has 114 valence electrons. The summed E-state index contributed by atoms with van der Waals surface area (Å²) in [5.41, 5.74) is 3.45. The number of nitrogens with zero attached hydrogens (tertiary/aromatic N) is 2. The fourth-order valence-corrected chi connectivity index (χ4v) is 3.52. The van der Waals surface area contributed by atoms with Crippen molar-refractivity contribution in [2.45, 2.75) is 39.3 Å². The Morgan fingerprint density at radius 2 is 2.05 bits per heavy atom. The molecule has 1 N–H and O–H groups in total. The Kier molecular flexibility index (Phi) is 5.85. The number of likely N-dealkylation sites (N-methyl/N-ethyl adjacent to an activating group) is 1. The highest BCUT2D eigenvalue weighted by molar-refractivity contribution is 9.10. The van der Waals surface area contributed by atoms with E-state index in [1.165, 1.54) is 5.69 Å². The zero-order valence-electron chi connectivity index (χ0n) is 12.7. The molecule has 0 saturated carbocycles. The zero-order valence-corrected chi connectivity index (χ0v) is 15.0. The number of nitrogens with one attached hydrogen (secondary N) is 1. The number of aromatic nitrogens is 2. The second-order valence-electron chi connectivity index (χ2n) is 4.94. The van der Waals surface area contributed by atoms with E-state index in [2.05, 4.69) is 50.9 Å². The molecular weight excluding hydrogens is 350 g/mol. The lowest BCUT2D eigenvalue weighted by Crippen LogP contribution is -2.21. The van der Waals surface area contributed by atoms with Crippen LogP contribution in [0.15, 0.2) is 28.7 Å². The molecule has 5 heteroatoms. The standard InChI is InChI=1S/C16H21BrClN3/c1-4-13-16(17)15(21(5-2)20-13)10-14(19-3)11-8-6-7-9-12(11)18/h6-9,14,19H,4-5,10H2,1-3H3. The molecule has 1 aromatic carbocycles. The summed E-state index contributed by atoms with van der Waals surface area (Å²) >= 11 is 10.0. The van der Waals surface area contributed by atoms with Gasteiger partial charge in [0.1, 0.15) is 0 Å². The van der Waals surface area contributed by atoms with Crippen molar-refractivity contribution in [3.63, 3.8) is 0 Å². The van der Waals surface area contributed by atoms with Crippen molar-refractivity contribution in [3.8, 4) is 0 Å². The van der Waals surface area contributed by atoms with Crippen LogP contribution in [-0.4, -0.2) is 16.8 Å². The van der Waals surface area contributed by atoms with Gasteiger partial charge in [-0.05, 0) is 48.0 Å². The smallest absolute Gasteiger partial charge is 0.0766 e. The van der Waals surface area contributed by atoms with Crippen molar-refractivity contribution in [2.24, 2.45) is 0 Å². The second-order valence-corrected chi connectivity index (χ2v) is 6.14. The van der Waals surface area contributed by atoms with E-state index in [0.717, 1.165) is 40.1 Å². The molecule has 1 atom stereocenters. The summed E-state index contributed by atoms with van der Waals surface area (Å²) in [4.78, 5) is 0. The molecule has 1 aromatic heterocycles. The Morgan fingerprint density at radius 3 is 2.62 bits per heavy atom. The molecule has 21 heavy (non-hydrogen) atoms. The van der Waals surface area contributed by atoms with E-state index in [-0.39, 0.29) is 6.04 Å². The first-order chi connectivity index (χ1) is 10.1. The fraction of sp³-hybridized carbons (Fsp3) is 0.438. The van der Waals surface area contributed by atoms with Crippen LogP contribution in [0, 0.1) is 0 Å². The first-order valence-electron chi connectivity index (χ1n) is 7.28. The first-order valence-corrected chi connectivity index (χ1v) is 8.45. The summed E-state index contributed by atoms with van der Waals surface area (Å²) in [6.07, 6.45) is 1.78. The summed E-state index contributed by atoms with van der Waals surface area (Å²) < 4.78 is 3.20. The second kappa shape index (κ2) is 7.43. The Labute approximate surface area is 139 Å². The topological polar surface area (TPSA) is 29.9 Å². The summed E-state index contributed by atoms with van der Waals surface area (Å²) in [6, 6.07) is 8.16. The minimum absolute atomic E-state index is 0.168. The summed E-state index contributed by atoms with van der Waals surface area (Å²) in [5.74, 6) is 0. The highest BCUT2D eigenvalue weighted by Gasteiger charge is 2.20. The minimum Gasteiger partial charge on any atom is -0.313 e. The van der Waals surface area contributed by atoms with Gasteiger partial charge in [0.25, 0.3) is 0 Å². The minimum atomic E-state index is 0.168. The number of halogens is 2. The number of hydrogen-bond donors (Lipinski definition) is 1. The van der Waals surface area contributed by atoms with E-state index in [0.29, 0.717) is 0 Å². The Morgan fingerprint density at radius 1 is 1.33 bits per heavy atom. The van der Waals surface area contributed by atoms with Gasteiger partial charge >= 0.3 is 0 Å². The Hall–Kier alpha value is -0.840. The van der Waals surface area contributed by atoms with E-state index >= 15 is 0 Å². The van der Waals surface area contributed by atoms with Crippen molar-refractivity contribution in [1.29, 1.82) is 0 Å². The van der Waals surface area contributed by atoms with Crippen LogP contribution in [-0.2, 0) is 19.4 Å². The van der Waals surface area contributed by atoms with Gasteiger partial charge in [-0.3, -0.25) is 4.68 Å². The van der Waals surface area contributed by atoms with Crippen molar-refractivity contribution in [1.82, 2.24) is 15.1 Å². The third-order valence-corrected chi connectivity index (χ3v) is 4.98. The fourth-order valence-electron chi connectivity index (χ4n) is 2.53. The molecule has 0 aliphatic rings. The predicted octanol–water partition coefficient (Wildman–Crippen LogP) is 4.38.